The van der Waals surface area contributed by atoms with Gasteiger partial charge in [-0.05, 0) is 24.6 Å². The van der Waals surface area contributed by atoms with Gasteiger partial charge >= 0.3 is 0 Å². The SMILES string of the molecule is CC(N)c1nc2cc(CO)ccc2o1. The zero-order valence-corrected chi connectivity index (χ0v) is 7.90. The van der Waals surface area contributed by atoms with E-state index in [-0.39, 0.29) is 12.6 Å². The van der Waals surface area contributed by atoms with Crippen molar-refractivity contribution < 1.29 is 9.52 Å². The summed E-state index contributed by atoms with van der Waals surface area (Å²) < 4.78 is 5.41. The number of aliphatic hydroxyl groups is 1. The molecule has 0 fully saturated rings. The van der Waals surface area contributed by atoms with Crippen LogP contribution in [0.25, 0.3) is 11.1 Å². The molecule has 0 bridgehead atoms. The topological polar surface area (TPSA) is 72.3 Å². The summed E-state index contributed by atoms with van der Waals surface area (Å²) >= 11 is 0. The Hall–Kier alpha value is -1.39. The summed E-state index contributed by atoms with van der Waals surface area (Å²) in [6.07, 6.45) is 0. The van der Waals surface area contributed by atoms with E-state index in [1.54, 1.807) is 18.2 Å². The molecule has 0 saturated carbocycles. The quantitative estimate of drug-likeness (QED) is 0.753. The van der Waals surface area contributed by atoms with Crippen molar-refractivity contribution in [2.75, 3.05) is 0 Å². The van der Waals surface area contributed by atoms with E-state index in [1.165, 1.54) is 0 Å². The van der Waals surface area contributed by atoms with Crippen LogP contribution in [0.4, 0.5) is 0 Å². The Kier molecular flexibility index (Phi) is 2.23. The predicted octanol–water partition coefficient (Wildman–Crippen LogP) is 1.34. The second kappa shape index (κ2) is 3.40. The molecule has 1 aromatic heterocycles. The standard InChI is InChI=1S/C10H12N2O2/c1-6(11)10-12-8-4-7(5-13)2-3-9(8)14-10/h2-4,6,13H,5,11H2,1H3. The minimum absolute atomic E-state index is 0.0102. The van der Waals surface area contributed by atoms with Gasteiger partial charge < -0.3 is 15.3 Å². The van der Waals surface area contributed by atoms with Crippen molar-refractivity contribution in [2.45, 2.75) is 19.6 Å². The number of aromatic nitrogens is 1. The average molecular weight is 192 g/mol. The first-order valence-corrected chi connectivity index (χ1v) is 4.46. The normalized spacial score (nSPS) is 13.4. The van der Waals surface area contributed by atoms with Gasteiger partial charge in [0.05, 0.1) is 12.6 Å². The highest BCUT2D eigenvalue weighted by Gasteiger charge is 2.09. The Bertz CT molecular complexity index is 448. The van der Waals surface area contributed by atoms with Crippen LogP contribution < -0.4 is 5.73 Å². The zero-order chi connectivity index (χ0) is 10.1. The van der Waals surface area contributed by atoms with Crippen LogP contribution in [0, 0.1) is 0 Å². The van der Waals surface area contributed by atoms with Crippen molar-refractivity contribution >= 4 is 11.1 Å². The Morgan fingerprint density at radius 3 is 3.00 bits per heavy atom. The number of nitrogens with zero attached hydrogens (tertiary/aromatic N) is 1. The van der Waals surface area contributed by atoms with Gasteiger partial charge in [-0.3, -0.25) is 0 Å². The summed E-state index contributed by atoms with van der Waals surface area (Å²) in [5.74, 6) is 0.523. The Morgan fingerprint density at radius 2 is 2.36 bits per heavy atom. The van der Waals surface area contributed by atoms with Crippen LogP contribution in [0.2, 0.25) is 0 Å². The number of nitrogens with two attached hydrogens (primary N) is 1. The summed E-state index contributed by atoms with van der Waals surface area (Å²) in [6, 6.07) is 5.18. The van der Waals surface area contributed by atoms with E-state index >= 15 is 0 Å². The summed E-state index contributed by atoms with van der Waals surface area (Å²) in [7, 11) is 0. The highest BCUT2D eigenvalue weighted by molar-refractivity contribution is 5.73. The molecule has 4 nitrogen and oxygen atoms in total. The van der Waals surface area contributed by atoms with Gasteiger partial charge in [-0.25, -0.2) is 4.98 Å². The van der Waals surface area contributed by atoms with Crippen LogP contribution in [0.1, 0.15) is 24.4 Å². The lowest BCUT2D eigenvalue weighted by atomic mass is 10.2. The molecule has 4 heteroatoms. The molecular formula is C10H12N2O2. The lowest BCUT2D eigenvalue weighted by molar-refractivity contribution is 0.282. The molecule has 1 aromatic carbocycles. The fourth-order valence-electron chi connectivity index (χ4n) is 1.28. The zero-order valence-electron chi connectivity index (χ0n) is 7.90. The first-order chi connectivity index (χ1) is 6.70. The number of oxazole rings is 1. The molecule has 0 aliphatic rings. The van der Waals surface area contributed by atoms with Crippen LogP contribution in [0.3, 0.4) is 0 Å². The van der Waals surface area contributed by atoms with Crippen molar-refractivity contribution in [3.8, 4) is 0 Å². The number of hydrogen-bond donors (Lipinski definition) is 2. The molecule has 1 heterocycles. The van der Waals surface area contributed by atoms with Gasteiger partial charge in [-0.1, -0.05) is 6.07 Å². The maximum Gasteiger partial charge on any atom is 0.212 e. The van der Waals surface area contributed by atoms with Gasteiger partial charge in [0.2, 0.25) is 5.89 Å². The van der Waals surface area contributed by atoms with Crippen LogP contribution in [-0.2, 0) is 6.61 Å². The molecule has 2 rings (SSSR count). The highest BCUT2D eigenvalue weighted by atomic mass is 16.3. The average Bonchev–Trinajstić information content (AvgIpc) is 2.59. The molecule has 14 heavy (non-hydrogen) atoms. The van der Waals surface area contributed by atoms with E-state index in [0.29, 0.717) is 11.5 Å². The molecule has 3 N–H and O–H groups in total. The van der Waals surface area contributed by atoms with Crippen molar-refractivity contribution in [1.82, 2.24) is 4.98 Å². The van der Waals surface area contributed by atoms with Crippen LogP contribution in [0.15, 0.2) is 22.6 Å². The van der Waals surface area contributed by atoms with E-state index in [1.807, 2.05) is 6.92 Å². The third-order valence-corrected chi connectivity index (χ3v) is 2.04. The van der Waals surface area contributed by atoms with Crippen molar-refractivity contribution in [1.29, 1.82) is 0 Å². The number of fused-ring (bicyclic) bond motifs is 1. The van der Waals surface area contributed by atoms with Crippen molar-refractivity contribution in [3.05, 3.63) is 29.7 Å². The third kappa shape index (κ3) is 1.49. The number of rotatable bonds is 2. The molecular weight excluding hydrogens is 180 g/mol. The largest absolute Gasteiger partial charge is 0.439 e. The van der Waals surface area contributed by atoms with Gasteiger partial charge in [0.15, 0.2) is 5.58 Å². The molecule has 1 atom stereocenters. The van der Waals surface area contributed by atoms with Crippen molar-refractivity contribution in [2.24, 2.45) is 5.73 Å². The molecule has 1 unspecified atom stereocenters. The lowest BCUT2D eigenvalue weighted by Crippen LogP contribution is -2.04. The predicted molar refractivity (Wildman–Crippen MR) is 52.5 cm³/mol. The van der Waals surface area contributed by atoms with E-state index in [9.17, 15) is 0 Å². The van der Waals surface area contributed by atoms with Crippen molar-refractivity contribution in [3.63, 3.8) is 0 Å². The number of hydrogen-bond acceptors (Lipinski definition) is 4. The second-order valence-electron chi connectivity index (χ2n) is 3.30. The lowest BCUT2D eigenvalue weighted by Gasteiger charge is -1.94. The maximum absolute atomic E-state index is 8.93. The second-order valence-corrected chi connectivity index (χ2v) is 3.30. The molecule has 74 valence electrons. The van der Waals surface area contributed by atoms with Crippen LogP contribution >= 0.6 is 0 Å². The van der Waals surface area contributed by atoms with Gasteiger partial charge in [-0.15, -0.1) is 0 Å². The number of benzene rings is 1. The third-order valence-electron chi connectivity index (χ3n) is 2.04. The first-order valence-electron chi connectivity index (χ1n) is 4.46. The fourth-order valence-corrected chi connectivity index (χ4v) is 1.28. The minimum atomic E-state index is -0.208. The Morgan fingerprint density at radius 1 is 1.57 bits per heavy atom. The molecule has 2 aromatic rings. The van der Waals surface area contributed by atoms with Gasteiger partial charge in [0, 0.05) is 0 Å². The Balaban J connectivity index is 2.54. The summed E-state index contributed by atoms with van der Waals surface area (Å²) in [6.45, 7) is 1.83. The fraction of sp³-hybridized carbons (Fsp3) is 0.300. The van der Waals surface area contributed by atoms with Crippen LogP contribution in [-0.4, -0.2) is 10.1 Å². The first kappa shape index (κ1) is 9.18. The molecule has 0 spiro atoms. The maximum atomic E-state index is 8.93. The number of aliphatic hydroxyl groups excluding tert-OH is 1. The Labute approximate surface area is 81.4 Å². The van der Waals surface area contributed by atoms with E-state index in [0.717, 1.165) is 11.1 Å². The molecule has 0 saturated heterocycles. The van der Waals surface area contributed by atoms with E-state index < -0.39 is 0 Å². The van der Waals surface area contributed by atoms with E-state index in [2.05, 4.69) is 4.98 Å². The monoisotopic (exact) mass is 192 g/mol. The minimum Gasteiger partial charge on any atom is -0.439 e. The molecule has 0 aliphatic carbocycles. The highest BCUT2D eigenvalue weighted by Crippen LogP contribution is 2.19. The smallest absolute Gasteiger partial charge is 0.212 e. The van der Waals surface area contributed by atoms with Gasteiger partial charge in [0.1, 0.15) is 5.52 Å². The van der Waals surface area contributed by atoms with Gasteiger partial charge in [0.25, 0.3) is 0 Å². The molecule has 0 radical (unpaired) electrons. The van der Waals surface area contributed by atoms with Crippen LogP contribution in [0.5, 0.6) is 0 Å². The summed E-state index contributed by atoms with van der Waals surface area (Å²) in [4.78, 5) is 4.22. The summed E-state index contributed by atoms with van der Waals surface area (Å²) in [5, 5.41) is 8.93. The van der Waals surface area contributed by atoms with E-state index in [4.69, 9.17) is 15.3 Å². The summed E-state index contributed by atoms with van der Waals surface area (Å²) in [5.41, 5.74) is 7.91. The molecule has 0 aliphatic heterocycles. The van der Waals surface area contributed by atoms with Gasteiger partial charge in [-0.2, -0.15) is 0 Å². The molecule has 0 amide bonds.